The molecule has 0 radical (unpaired) electrons. The van der Waals surface area contributed by atoms with E-state index in [2.05, 4.69) is 15.3 Å². The maximum absolute atomic E-state index is 11.6. The molecule has 0 spiro atoms. The van der Waals surface area contributed by atoms with Gasteiger partial charge in [-0.15, -0.1) is 0 Å². The van der Waals surface area contributed by atoms with E-state index in [1.807, 2.05) is 0 Å². The first-order valence-electron chi connectivity index (χ1n) is 5.58. The van der Waals surface area contributed by atoms with Crippen LogP contribution in [0.4, 0.5) is 5.13 Å². The number of morpholine rings is 1. The molecule has 0 atom stereocenters. The smallest absolute Gasteiger partial charge is 0.277 e. The summed E-state index contributed by atoms with van der Waals surface area (Å²) in [5.41, 5.74) is 2.75. The Morgan fingerprint density at radius 3 is 2.94 bits per heavy atom. The number of nitrogens with zero attached hydrogens (tertiary/aromatic N) is 2. The predicted octanol–water partition coefficient (Wildman–Crippen LogP) is -0.270. The fourth-order valence-corrected chi connectivity index (χ4v) is 2.73. The molecule has 8 heteroatoms. The summed E-state index contributed by atoms with van der Waals surface area (Å²) in [5, 5.41) is 0.809. The normalized spacial score (nSPS) is 15.8. The molecule has 3 N–H and O–H groups in total. The fraction of sp³-hybridized carbons (Fsp3) is 0.600. The van der Waals surface area contributed by atoms with Crippen LogP contribution >= 0.6 is 11.3 Å². The highest BCUT2D eigenvalue weighted by Crippen LogP contribution is 2.27. The summed E-state index contributed by atoms with van der Waals surface area (Å²) < 4.78 is 10.3. The molecular weight excluding hydrogens is 256 g/mol. The molecule has 1 aromatic heterocycles. The van der Waals surface area contributed by atoms with E-state index < -0.39 is 0 Å². The predicted molar refractivity (Wildman–Crippen MR) is 67.5 cm³/mol. The van der Waals surface area contributed by atoms with Crippen molar-refractivity contribution in [1.82, 2.24) is 10.4 Å². The molecular formula is C10H16N4O3S. The molecule has 1 aromatic rings. The molecule has 1 fully saturated rings. The second kappa shape index (κ2) is 6.10. The van der Waals surface area contributed by atoms with Crippen molar-refractivity contribution < 1.29 is 14.3 Å². The molecule has 0 bridgehead atoms. The lowest BCUT2D eigenvalue weighted by molar-refractivity contribution is 0.0952. The Bertz CT molecular complexity index is 417. The van der Waals surface area contributed by atoms with Crippen LogP contribution in [0.15, 0.2) is 0 Å². The number of methoxy groups -OCH3 is 1. The van der Waals surface area contributed by atoms with Crippen LogP contribution in [0.25, 0.3) is 0 Å². The number of ether oxygens (including phenoxy) is 2. The van der Waals surface area contributed by atoms with Crippen LogP contribution in [0.3, 0.4) is 0 Å². The zero-order chi connectivity index (χ0) is 13.0. The number of anilines is 1. The van der Waals surface area contributed by atoms with Crippen LogP contribution in [0.2, 0.25) is 0 Å². The summed E-state index contributed by atoms with van der Waals surface area (Å²) in [6.07, 6.45) is 0. The van der Waals surface area contributed by atoms with Crippen molar-refractivity contribution in [3.8, 4) is 0 Å². The highest BCUT2D eigenvalue weighted by molar-refractivity contribution is 7.17. The van der Waals surface area contributed by atoms with Gasteiger partial charge in [-0.1, -0.05) is 11.3 Å². The van der Waals surface area contributed by atoms with Crippen molar-refractivity contribution in [3.05, 3.63) is 10.6 Å². The molecule has 0 unspecified atom stereocenters. The van der Waals surface area contributed by atoms with Crippen molar-refractivity contribution in [3.63, 3.8) is 0 Å². The van der Waals surface area contributed by atoms with Gasteiger partial charge in [0.15, 0.2) is 5.13 Å². The number of carbonyl (C=O) groups is 1. The summed E-state index contributed by atoms with van der Waals surface area (Å²) >= 11 is 1.33. The number of amides is 1. The molecule has 1 saturated heterocycles. The number of aromatic nitrogens is 1. The number of hydrogen-bond donors (Lipinski definition) is 2. The first kappa shape index (κ1) is 13.2. The Hall–Kier alpha value is -1.22. The van der Waals surface area contributed by atoms with Crippen LogP contribution in [-0.2, 0) is 16.1 Å². The highest BCUT2D eigenvalue weighted by Gasteiger charge is 2.21. The van der Waals surface area contributed by atoms with Crippen molar-refractivity contribution in [2.75, 3.05) is 38.3 Å². The largest absolute Gasteiger partial charge is 0.378 e. The van der Waals surface area contributed by atoms with E-state index in [0.717, 1.165) is 18.2 Å². The maximum Gasteiger partial charge on any atom is 0.277 e. The minimum absolute atomic E-state index is 0.295. The third kappa shape index (κ3) is 2.78. The van der Waals surface area contributed by atoms with Crippen LogP contribution in [-0.4, -0.2) is 44.3 Å². The molecule has 1 aliphatic heterocycles. The van der Waals surface area contributed by atoms with Crippen molar-refractivity contribution in [1.29, 1.82) is 0 Å². The Balaban J connectivity index is 2.23. The third-order valence-corrected chi connectivity index (χ3v) is 3.74. The van der Waals surface area contributed by atoms with Gasteiger partial charge in [0.1, 0.15) is 4.88 Å². The Kier molecular flexibility index (Phi) is 4.48. The highest BCUT2D eigenvalue weighted by atomic mass is 32.1. The molecule has 2 heterocycles. The topological polar surface area (TPSA) is 89.7 Å². The average molecular weight is 272 g/mol. The van der Waals surface area contributed by atoms with E-state index in [-0.39, 0.29) is 5.91 Å². The minimum Gasteiger partial charge on any atom is -0.378 e. The number of carbonyl (C=O) groups excluding carboxylic acids is 1. The molecule has 0 aromatic carbocycles. The number of nitrogens with two attached hydrogens (primary N) is 1. The van der Waals surface area contributed by atoms with Crippen LogP contribution in [0.1, 0.15) is 15.4 Å². The van der Waals surface area contributed by atoms with Gasteiger partial charge in [-0.25, -0.2) is 10.8 Å². The van der Waals surface area contributed by atoms with Gasteiger partial charge in [-0.05, 0) is 0 Å². The summed E-state index contributed by atoms with van der Waals surface area (Å²) in [4.78, 5) is 18.7. The molecule has 0 saturated carbocycles. The van der Waals surface area contributed by atoms with Gasteiger partial charge in [-0.3, -0.25) is 10.2 Å². The van der Waals surface area contributed by atoms with Crippen molar-refractivity contribution >= 4 is 22.4 Å². The van der Waals surface area contributed by atoms with E-state index in [1.54, 1.807) is 7.11 Å². The van der Waals surface area contributed by atoms with E-state index >= 15 is 0 Å². The summed E-state index contributed by atoms with van der Waals surface area (Å²) in [5.74, 6) is 4.83. The molecule has 100 valence electrons. The lowest BCUT2D eigenvalue weighted by Crippen LogP contribution is -2.36. The number of thiazole rings is 1. The Morgan fingerprint density at radius 2 is 2.33 bits per heavy atom. The Labute approximate surface area is 109 Å². The minimum atomic E-state index is -0.334. The summed E-state index contributed by atoms with van der Waals surface area (Å²) in [6, 6.07) is 0. The van der Waals surface area contributed by atoms with E-state index in [9.17, 15) is 4.79 Å². The van der Waals surface area contributed by atoms with Crippen LogP contribution in [0.5, 0.6) is 0 Å². The zero-order valence-corrected chi connectivity index (χ0v) is 11.0. The third-order valence-electron chi connectivity index (χ3n) is 2.59. The molecule has 1 amide bonds. The van der Waals surface area contributed by atoms with E-state index in [0.29, 0.717) is 30.4 Å². The average Bonchev–Trinajstić information content (AvgIpc) is 2.83. The number of nitrogen functional groups attached to an aromatic ring is 1. The maximum atomic E-state index is 11.6. The molecule has 18 heavy (non-hydrogen) atoms. The second-order valence-corrected chi connectivity index (χ2v) is 4.76. The Morgan fingerprint density at radius 1 is 1.61 bits per heavy atom. The SMILES string of the molecule is COCc1nc(N2CCOCC2)sc1C(=O)NN. The monoisotopic (exact) mass is 272 g/mol. The fourth-order valence-electron chi connectivity index (χ4n) is 1.71. The van der Waals surface area contributed by atoms with Gasteiger partial charge >= 0.3 is 0 Å². The number of hydrogen-bond acceptors (Lipinski definition) is 7. The number of hydrazine groups is 1. The van der Waals surface area contributed by atoms with E-state index in [4.69, 9.17) is 15.3 Å². The van der Waals surface area contributed by atoms with Gasteiger partial charge in [0, 0.05) is 20.2 Å². The number of rotatable bonds is 4. The quantitative estimate of drug-likeness (QED) is 0.445. The number of nitrogens with one attached hydrogen (secondary N) is 1. The molecule has 7 nitrogen and oxygen atoms in total. The van der Waals surface area contributed by atoms with Gasteiger partial charge < -0.3 is 14.4 Å². The van der Waals surface area contributed by atoms with Crippen molar-refractivity contribution in [2.45, 2.75) is 6.61 Å². The summed E-state index contributed by atoms with van der Waals surface area (Å²) in [7, 11) is 1.57. The van der Waals surface area contributed by atoms with Crippen molar-refractivity contribution in [2.24, 2.45) is 5.84 Å². The first-order valence-corrected chi connectivity index (χ1v) is 6.40. The molecule has 1 aliphatic rings. The molecule has 0 aliphatic carbocycles. The standard InChI is InChI=1S/C10H16N4O3S/c1-16-6-7-8(9(15)13-11)18-10(12-7)14-2-4-17-5-3-14/h2-6,11H2,1H3,(H,13,15). The van der Waals surface area contributed by atoms with Crippen LogP contribution < -0.4 is 16.2 Å². The van der Waals surface area contributed by atoms with Gasteiger partial charge in [0.05, 0.1) is 25.5 Å². The van der Waals surface area contributed by atoms with E-state index in [1.165, 1.54) is 11.3 Å². The lowest BCUT2D eigenvalue weighted by atomic mass is 10.3. The van der Waals surface area contributed by atoms with Crippen LogP contribution in [0, 0.1) is 0 Å². The first-order chi connectivity index (χ1) is 8.76. The second-order valence-electron chi connectivity index (χ2n) is 3.78. The lowest BCUT2D eigenvalue weighted by Gasteiger charge is -2.26. The van der Waals surface area contributed by atoms with Gasteiger partial charge in [0.2, 0.25) is 0 Å². The summed E-state index contributed by atoms with van der Waals surface area (Å²) in [6.45, 7) is 3.21. The van der Waals surface area contributed by atoms with Gasteiger partial charge in [0.25, 0.3) is 5.91 Å². The van der Waals surface area contributed by atoms with Gasteiger partial charge in [-0.2, -0.15) is 0 Å². The molecule has 2 rings (SSSR count). The zero-order valence-electron chi connectivity index (χ0n) is 10.1.